The van der Waals surface area contributed by atoms with Crippen molar-refractivity contribution in [3.8, 4) is 5.75 Å². The molecule has 0 saturated carbocycles. The van der Waals surface area contributed by atoms with Gasteiger partial charge in [-0.15, -0.1) is 0 Å². The molecule has 110 valence electrons. The van der Waals surface area contributed by atoms with Crippen LogP contribution in [0.3, 0.4) is 0 Å². The molecule has 0 bridgehead atoms. The third kappa shape index (κ3) is 2.96. The van der Waals surface area contributed by atoms with Gasteiger partial charge in [0.05, 0.1) is 5.60 Å². The molecule has 1 N–H and O–H groups in total. The molecule has 0 amide bonds. The molecule has 1 aromatic rings. The Balaban J connectivity index is 2.29. The topological polar surface area (TPSA) is 55.8 Å². The maximum absolute atomic E-state index is 11.3. The predicted octanol–water partition coefficient (Wildman–Crippen LogP) is 3.42. The highest BCUT2D eigenvalue weighted by molar-refractivity contribution is 5.91. The first-order valence-corrected chi connectivity index (χ1v) is 6.81. The van der Waals surface area contributed by atoms with Crippen LogP contribution in [0.5, 0.6) is 5.75 Å². The monoisotopic (exact) mass is 278 g/mol. The Labute approximate surface area is 119 Å². The fraction of sp³-hybridized carbons (Fsp3) is 0.562. The number of ether oxygens (including phenoxy) is 2. The first-order valence-electron chi connectivity index (χ1n) is 6.81. The largest absolute Gasteiger partial charge is 0.486 e. The van der Waals surface area contributed by atoms with Crippen molar-refractivity contribution >= 4 is 5.97 Å². The van der Waals surface area contributed by atoms with Crippen LogP contribution >= 0.6 is 0 Å². The molecule has 1 aliphatic rings. The van der Waals surface area contributed by atoms with E-state index in [0.29, 0.717) is 5.75 Å². The number of hydrogen-bond donors (Lipinski definition) is 1. The second-order valence-corrected chi connectivity index (χ2v) is 6.58. The van der Waals surface area contributed by atoms with Crippen molar-refractivity contribution < 1.29 is 19.4 Å². The molecular formula is C16H22O4. The van der Waals surface area contributed by atoms with Crippen molar-refractivity contribution in [1.82, 2.24) is 0 Å². The van der Waals surface area contributed by atoms with Crippen LogP contribution in [0.15, 0.2) is 18.2 Å². The molecular weight excluding hydrogens is 256 g/mol. The maximum Gasteiger partial charge on any atom is 0.339 e. The SMILES string of the molecule is Cc1ccc(OC2CC(C)(C)OC2(C)C)c(C(=O)O)c1. The Morgan fingerprint density at radius 2 is 2.00 bits per heavy atom. The average molecular weight is 278 g/mol. The van der Waals surface area contributed by atoms with E-state index in [1.807, 2.05) is 40.7 Å². The van der Waals surface area contributed by atoms with Gasteiger partial charge in [-0.2, -0.15) is 0 Å². The highest BCUT2D eigenvalue weighted by atomic mass is 16.6. The second-order valence-electron chi connectivity index (χ2n) is 6.58. The van der Waals surface area contributed by atoms with E-state index >= 15 is 0 Å². The standard InChI is InChI=1S/C16H22O4/c1-10-6-7-12(11(8-10)14(17)18)19-13-9-15(2,3)20-16(13,4)5/h6-8,13H,9H2,1-5H3,(H,17,18). The van der Waals surface area contributed by atoms with Gasteiger partial charge < -0.3 is 14.6 Å². The minimum Gasteiger partial charge on any atom is -0.486 e. The molecule has 1 aliphatic heterocycles. The fourth-order valence-corrected chi connectivity index (χ4v) is 2.76. The number of carboxylic acids is 1. The van der Waals surface area contributed by atoms with Crippen LogP contribution in [-0.4, -0.2) is 28.4 Å². The first kappa shape index (κ1) is 14.9. The van der Waals surface area contributed by atoms with Gasteiger partial charge in [0.15, 0.2) is 0 Å². The summed E-state index contributed by atoms with van der Waals surface area (Å²) >= 11 is 0. The van der Waals surface area contributed by atoms with E-state index in [9.17, 15) is 9.90 Å². The van der Waals surface area contributed by atoms with E-state index < -0.39 is 11.6 Å². The van der Waals surface area contributed by atoms with Crippen molar-refractivity contribution in [2.24, 2.45) is 0 Å². The number of carboxylic acid groups (broad SMARTS) is 1. The molecule has 0 aromatic heterocycles. The lowest BCUT2D eigenvalue weighted by molar-refractivity contribution is -0.0846. The maximum atomic E-state index is 11.3. The smallest absolute Gasteiger partial charge is 0.339 e. The summed E-state index contributed by atoms with van der Waals surface area (Å²) < 4.78 is 11.9. The predicted molar refractivity (Wildman–Crippen MR) is 76.4 cm³/mol. The molecule has 0 aliphatic carbocycles. The number of carbonyl (C=O) groups is 1. The average Bonchev–Trinajstić information content (AvgIpc) is 2.48. The molecule has 1 aromatic carbocycles. The van der Waals surface area contributed by atoms with Crippen LogP contribution in [0.2, 0.25) is 0 Å². The lowest BCUT2D eigenvalue weighted by Crippen LogP contribution is -2.37. The number of aromatic carboxylic acids is 1. The molecule has 1 heterocycles. The number of hydrogen-bond acceptors (Lipinski definition) is 3. The van der Waals surface area contributed by atoms with Crippen molar-refractivity contribution in [2.75, 3.05) is 0 Å². The van der Waals surface area contributed by atoms with Gasteiger partial charge in [-0.3, -0.25) is 0 Å². The van der Waals surface area contributed by atoms with Crippen molar-refractivity contribution in [3.05, 3.63) is 29.3 Å². The Bertz CT molecular complexity index is 531. The number of rotatable bonds is 3. The summed E-state index contributed by atoms with van der Waals surface area (Å²) in [5.41, 5.74) is 0.398. The Morgan fingerprint density at radius 1 is 1.35 bits per heavy atom. The van der Waals surface area contributed by atoms with Gasteiger partial charge in [0.25, 0.3) is 0 Å². The van der Waals surface area contributed by atoms with Crippen molar-refractivity contribution in [1.29, 1.82) is 0 Å². The number of aryl methyl sites for hydroxylation is 1. The van der Waals surface area contributed by atoms with E-state index in [2.05, 4.69) is 0 Å². The highest BCUT2D eigenvalue weighted by Crippen LogP contribution is 2.40. The van der Waals surface area contributed by atoms with E-state index in [0.717, 1.165) is 12.0 Å². The molecule has 1 fully saturated rings. The molecule has 0 spiro atoms. The van der Waals surface area contributed by atoms with Crippen molar-refractivity contribution in [2.45, 2.75) is 58.3 Å². The summed E-state index contributed by atoms with van der Waals surface area (Å²) in [4.78, 5) is 11.3. The minimum atomic E-state index is -0.973. The summed E-state index contributed by atoms with van der Waals surface area (Å²) in [5, 5.41) is 9.29. The quantitative estimate of drug-likeness (QED) is 0.920. The van der Waals surface area contributed by atoms with Gasteiger partial charge in [0, 0.05) is 6.42 Å². The zero-order valence-corrected chi connectivity index (χ0v) is 12.7. The summed E-state index contributed by atoms with van der Waals surface area (Å²) in [6.45, 7) is 9.85. The Hall–Kier alpha value is -1.55. The summed E-state index contributed by atoms with van der Waals surface area (Å²) in [6, 6.07) is 5.21. The lowest BCUT2D eigenvalue weighted by Gasteiger charge is -2.27. The number of benzene rings is 1. The van der Waals surface area contributed by atoms with Crippen LogP contribution in [-0.2, 0) is 4.74 Å². The summed E-state index contributed by atoms with van der Waals surface area (Å²) in [6.07, 6.45) is 0.561. The molecule has 1 unspecified atom stereocenters. The van der Waals surface area contributed by atoms with E-state index in [4.69, 9.17) is 9.47 Å². The van der Waals surface area contributed by atoms with Gasteiger partial charge in [-0.1, -0.05) is 11.6 Å². The molecule has 4 heteroatoms. The van der Waals surface area contributed by atoms with Gasteiger partial charge in [-0.25, -0.2) is 4.79 Å². The van der Waals surface area contributed by atoms with Gasteiger partial charge in [0.1, 0.15) is 23.0 Å². The van der Waals surface area contributed by atoms with Gasteiger partial charge in [0.2, 0.25) is 0 Å². The second kappa shape index (κ2) is 4.77. The molecule has 2 rings (SSSR count). The third-order valence-electron chi connectivity index (χ3n) is 3.63. The summed E-state index contributed by atoms with van der Waals surface area (Å²) in [7, 11) is 0. The van der Waals surface area contributed by atoms with Crippen molar-refractivity contribution in [3.63, 3.8) is 0 Å². The molecule has 4 nitrogen and oxygen atoms in total. The van der Waals surface area contributed by atoms with Crippen LogP contribution < -0.4 is 4.74 Å². The normalized spacial score (nSPS) is 23.6. The Morgan fingerprint density at radius 3 is 2.50 bits per heavy atom. The zero-order chi connectivity index (χ0) is 15.1. The minimum absolute atomic E-state index is 0.168. The van der Waals surface area contributed by atoms with Crippen LogP contribution in [0.25, 0.3) is 0 Å². The first-order chi connectivity index (χ1) is 9.11. The van der Waals surface area contributed by atoms with Crippen LogP contribution in [0, 0.1) is 6.92 Å². The lowest BCUT2D eigenvalue weighted by atomic mass is 9.97. The van der Waals surface area contributed by atoms with Crippen LogP contribution in [0.4, 0.5) is 0 Å². The molecule has 20 heavy (non-hydrogen) atoms. The van der Waals surface area contributed by atoms with E-state index in [1.54, 1.807) is 12.1 Å². The fourth-order valence-electron chi connectivity index (χ4n) is 2.76. The van der Waals surface area contributed by atoms with Gasteiger partial charge >= 0.3 is 5.97 Å². The zero-order valence-electron chi connectivity index (χ0n) is 12.7. The molecule has 1 saturated heterocycles. The third-order valence-corrected chi connectivity index (χ3v) is 3.63. The Kier molecular flexibility index (Phi) is 3.54. The molecule has 1 atom stereocenters. The van der Waals surface area contributed by atoms with Crippen LogP contribution in [0.1, 0.15) is 50.0 Å². The molecule has 0 radical (unpaired) electrons. The van der Waals surface area contributed by atoms with E-state index in [-0.39, 0.29) is 17.3 Å². The summed E-state index contributed by atoms with van der Waals surface area (Å²) in [5.74, 6) is -0.567. The van der Waals surface area contributed by atoms with E-state index in [1.165, 1.54) is 0 Å². The highest BCUT2D eigenvalue weighted by Gasteiger charge is 2.47. The van der Waals surface area contributed by atoms with Gasteiger partial charge in [-0.05, 0) is 46.8 Å².